The maximum absolute atomic E-state index is 12.9. The first-order valence-electron chi connectivity index (χ1n) is 8.68. The summed E-state index contributed by atoms with van der Waals surface area (Å²) in [7, 11) is 0. The third kappa shape index (κ3) is 2.90. The van der Waals surface area contributed by atoms with Gasteiger partial charge in [0, 0.05) is 17.8 Å². The van der Waals surface area contributed by atoms with Gasteiger partial charge in [0.15, 0.2) is 5.82 Å². The summed E-state index contributed by atoms with van der Waals surface area (Å²) in [6, 6.07) is 7.71. The fraction of sp³-hybridized carbons (Fsp3) is 0.444. The summed E-state index contributed by atoms with van der Waals surface area (Å²) in [4.78, 5) is 19.2. The highest BCUT2D eigenvalue weighted by Gasteiger charge is 2.33. The first kappa shape index (κ1) is 15.8. The molecule has 1 amide bonds. The molecule has 0 aliphatic carbocycles. The first-order chi connectivity index (χ1) is 12.1. The van der Waals surface area contributed by atoms with Crippen LogP contribution in [0.1, 0.15) is 56.1 Å². The summed E-state index contributed by atoms with van der Waals surface area (Å²) in [5, 5.41) is 12.3. The average molecular weight is 339 g/mol. The summed E-state index contributed by atoms with van der Waals surface area (Å²) in [5.41, 5.74) is 1.73. The van der Waals surface area contributed by atoms with Crippen molar-refractivity contribution in [2.24, 2.45) is 0 Å². The third-order valence-electron chi connectivity index (χ3n) is 4.69. The molecular formula is C18H21N5O2. The number of carbonyl (C=O) groups is 1. The number of nitrogens with zero attached hydrogens (tertiary/aromatic N) is 4. The van der Waals surface area contributed by atoms with Gasteiger partial charge in [-0.25, -0.2) is 0 Å². The number of likely N-dealkylation sites (tertiary alicyclic amines) is 1. The molecule has 7 heteroatoms. The minimum absolute atomic E-state index is 0.0628. The van der Waals surface area contributed by atoms with E-state index in [0.717, 1.165) is 36.0 Å². The second-order valence-electron chi connectivity index (χ2n) is 6.79. The Kier molecular flexibility index (Phi) is 3.99. The Morgan fingerprint density at radius 1 is 1.40 bits per heavy atom. The van der Waals surface area contributed by atoms with Crippen LogP contribution >= 0.6 is 0 Å². The van der Waals surface area contributed by atoms with Gasteiger partial charge in [-0.3, -0.25) is 9.89 Å². The lowest BCUT2D eigenvalue weighted by atomic mass is 10.1. The minimum Gasteiger partial charge on any atom is -0.339 e. The molecule has 0 bridgehead atoms. The lowest BCUT2D eigenvalue weighted by Crippen LogP contribution is -2.32. The number of aromatic nitrogens is 4. The van der Waals surface area contributed by atoms with Crippen LogP contribution in [0, 0.1) is 0 Å². The number of nitrogens with one attached hydrogen (secondary N) is 1. The number of hydrogen-bond acceptors (Lipinski definition) is 5. The van der Waals surface area contributed by atoms with E-state index in [4.69, 9.17) is 4.52 Å². The number of fused-ring (bicyclic) bond motifs is 1. The van der Waals surface area contributed by atoms with Gasteiger partial charge in [-0.1, -0.05) is 37.2 Å². The Morgan fingerprint density at radius 3 is 3.04 bits per heavy atom. The van der Waals surface area contributed by atoms with E-state index in [-0.39, 0.29) is 17.9 Å². The van der Waals surface area contributed by atoms with Crippen LogP contribution in [0.4, 0.5) is 0 Å². The van der Waals surface area contributed by atoms with Crippen LogP contribution in [0.3, 0.4) is 0 Å². The normalized spacial score (nSPS) is 17.7. The lowest BCUT2D eigenvalue weighted by Gasteiger charge is -2.22. The van der Waals surface area contributed by atoms with Gasteiger partial charge in [0.2, 0.25) is 11.8 Å². The fourth-order valence-corrected chi connectivity index (χ4v) is 3.35. The SMILES string of the molecule is CC(C)c1nc([C@H]2CCCN2C(=O)Cc2[nH]nc3ccccc23)no1. The van der Waals surface area contributed by atoms with Gasteiger partial charge in [0.1, 0.15) is 0 Å². The Bertz CT molecular complexity index is 898. The number of hydrogen-bond donors (Lipinski definition) is 1. The standard InChI is InChI=1S/C18H21N5O2/c1-11(2)18-19-17(22-25-18)15-8-5-9-23(15)16(24)10-14-12-6-3-4-7-13(12)20-21-14/h3-4,6-7,11,15H,5,8-10H2,1-2H3,(H,20,21)/t15-/m1/s1. The summed E-state index contributed by atoms with van der Waals surface area (Å²) in [6.07, 6.45) is 2.12. The molecule has 25 heavy (non-hydrogen) atoms. The van der Waals surface area contributed by atoms with Crippen molar-refractivity contribution in [1.29, 1.82) is 0 Å². The number of carbonyl (C=O) groups excluding carboxylic acids is 1. The van der Waals surface area contributed by atoms with E-state index in [1.54, 1.807) is 0 Å². The zero-order valence-corrected chi connectivity index (χ0v) is 14.4. The molecule has 1 fully saturated rings. The highest BCUT2D eigenvalue weighted by atomic mass is 16.5. The van der Waals surface area contributed by atoms with Crippen molar-refractivity contribution < 1.29 is 9.32 Å². The Hall–Kier alpha value is -2.70. The third-order valence-corrected chi connectivity index (χ3v) is 4.69. The van der Waals surface area contributed by atoms with Crippen molar-refractivity contribution in [2.75, 3.05) is 6.54 Å². The van der Waals surface area contributed by atoms with E-state index in [0.29, 0.717) is 18.1 Å². The molecule has 7 nitrogen and oxygen atoms in total. The van der Waals surface area contributed by atoms with Crippen LogP contribution in [0.5, 0.6) is 0 Å². The molecule has 1 aromatic carbocycles. The molecule has 4 rings (SSSR count). The molecule has 3 heterocycles. The van der Waals surface area contributed by atoms with Gasteiger partial charge >= 0.3 is 0 Å². The van der Waals surface area contributed by atoms with Gasteiger partial charge in [-0.2, -0.15) is 10.1 Å². The lowest BCUT2D eigenvalue weighted by molar-refractivity contribution is -0.131. The monoisotopic (exact) mass is 339 g/mol. The number of benzene rings is 1. The topological polar surface area (TPSA) is 87.9 Å². The largest absolute Gasteiger partial charge is 0.339 e. The highest BCUT2D eigenvalue weighted by Crippen LogP contribution is 2.31. The van der Waals surface area contributed by atoms with Gasteiger partial charge in [-0.05, 0) is 18.9 Å². The molecular weight excluding hydrogens is 318 g/mol. The summed E-state index contributed by atoms with van der Waals surface area (Å²) in [6.45, 7) is 4.75. The molecule has 0 radical (unpaired) electrons. The van der Waals surface area contributed by atoms with Gasteiger partial charge < -0.3 is 9.42 Å². The minimum atomic E-state index is -0.0991. The Balaban J connectivity index is 1.54. The van der Waals surface area contributed by atoms with Crippen LogP contribution in [-0.4, -0.2) is 37.7 Å². The maximum Gasteiger partial charge on any atom is 0.229 e. The van der Waals surface area contributed by atoms with E-state index >= 15 is 0 Å². The molecule has 1 aliphatic heterocycles. The zero-order valence-electron chi connectivity index (χ0n) is 14.4. The number of amides is 1. The molecule has 2 aromatic heterocycles. The predicted molar refractivity (Wildman–Crippen MR) is 91.9 cm³/mol. The molecule has 1 saturated heterocycles. The van der Waals surface area contributed by atoms with Crippen LogP contribution in [0.2, 0.25) is 0 Å². The molecule has 0 spiro atoms. The summed E-state index contributed by atoms with van der Waals surface area (Å²) in [5.74, 6) is 1.48. The van der Waals surface area contributed by atoms with Crippen LogP contribution in [0.25, 0.3) is 10.9 Å². The van der Waals surface area contributed by atoms with E-state index in [9.17, 15) is 4.79 Å². The predicted octanol–water partition coefficient (Wildman–Crippen LogP) is 2.98. The van der Waals surface area contributed by atoms with Gasteiger partial charge in [-0.15, -0.1) is 0 Å². The quantitative estimate of drug-likeness (QED) is 0.789. The molecule has 130 valence electrons. The molecule has 0 unspecified atom stereocenters. The fourth-order valence-electron chi connectivity index (χ4n) is 3.35. The van der Waals surface area contributed by atoms with Crippen molar-refractivity contribution in [3.05, 3.63) is 41.7 Å². The average Bonchev–Trinajstić information content (AvgIpc) is 3.34. The molecule has 3 aromatic rings. The highest BCUT2D eigenvalue weighted by molar-refractivity contribution is 5.87. The van der Waals surface area contributed by atoms with E-state index in [1.807, 2.05) is 43.0 Å². The molecule has 0 saturated carbocycles. The second-order valence-corrected chi connectivity index (χ2v) is 6.79. The molecule has 1 aliphatic rings. The van der Waals surface area contributed by atoms with Crippen molar-refractivity contribution in [3.8, 4) is 0 Å². The summed E-state index contributed by atoms with van der Waals surface area (Å²) < 4.78 is 5.31. The van der Waals surface area contributed by atoms with Crippen LogP contribution in [-0.2, 0) is 11.2 Å². The number of rotatable bonds is 4. The van der Waals surface area contributed by atoms with Crippen LogP contribution < -0.4 is 0 Å². The van der Waals surface area contributed by atoms with Crippen molar-refractivity contribution in [3.63, 3.8) is 0 Å². The zero-order chi connectivity index (χ0) is 17.4. The molecule has 1 atom stereocenters. The Labute approximate surface area is 145 Å². The van der Waals surface area contributed by atoms with E-state index < -0.39 is 0 Å². The molecule has 1 N–H and O–H groups in total. The van der Waals surface area contributed by atoms with Crippen molar-refractivity contribution in [2.45, 2.75) is 45.1 Å². The van der Waals surface area contributed by atoms with Gasteiger partial charge in [0.05, 0.1) is 23.7 Å². The number of aromatic amines is 1. The van der Waals surface area contributed by atoms with Gasteiger partial charge in [0.25, 0.3) is 0 Å². The second kappa shape index (κ2) is 6.31. The van der Waals surface area contributed by atoms with Crippen molar-refractivity contribution in [1.82, 2.24) is 25.2 Å². The van der Waals surface area contributed by atoms with Crippen LogP contribution in [0.15, 0.2) is 28.8 Å². The van der Waals surface area contributed by atoms with Crippen molar-refractivity contribution >= 4 is 16.8 Å². The van der Waals surface area contributed by atoms with E-state index in [1.165, 1.54) is 0 Å². The maximum atomic E-state index is 12.9. The summed E-state index contributed by atoms with van der Waals surface area (Å²) >= 11 is 0. The Morgan fingerprint density at radius 2 is 2.24 bits per heavy atom. The number of H-pyrrole nitrogens is 1. The smallest absolute Gasteiger partial charge is 0.229 e. The first-order valence-corrected chi connectivity index (χ1v) is 8.68. The van der Waals surface area contributed by atoms with E-state index in [2.05, 4.69) is 20.3 Å². The number of para-hydroxylation sites is 1.